The number of alkyl halides is 2. The molecule has 3 heterocycles. The third-order valence-electron chi connectivity index (χ3n) is 5.55. The summed E-state index contributed by atoms with van der Waals surface area (Å²) in [5, 5.41) is 2.80. The van der Waals surface area contributed by atoms with Gasteiger partial charge in [-0.25, -0.2) is 17.2 Å². The number of hydrogen-bond acceptors (Lipinski definition) is 5. The predicted molar refractivity (Wildman–Crippen MR) is 93.6 cm³/mol. The van der Waals surface area contributed by atoms with E-state index >= 15 is 0 Å². The molecule has 3 fully saturated rings. The highest BCUT2D eigenvalue weighted by Crippen LogP contribution is 2.35. The Morgan fingerprint density at radius 3 is 2.46 bits per heavy atom. The number of hydrogen-bond donors (Lipinski definition) is 1. The van der Waals surface area contributed by atoms with Gasteiger partial charge in [-0.3, -0.25) is 9.69 Å². The molecule has 150 valence electrons. The van der Waals surface area contributed by atoms with Gasteiger partial charge < -0.3 is 10.2 Å². The lowest BCUT2D eigenvalue weighted by atomic mass is 10.1. The maximum Gasteiger partial charge on any atom is 0.262 e. The lowest BCUT2D eigenvalue weighted by Crippen LogP contribution is -2.63. The number of carbonyl (C=O) groups is 1. The van der Waals surface area contributed by atoms with Crippen molar-refractivity contribution in [3.63, 3.8) is 0 Å². The molecule has 3 saturated heterocycles. The number of amides is 1. The topological polar surface area (TPSA) is 73.0 Å². The fourth-order valence-corrected chi connectivity index (χ4v) is 4.89. The smallest absolute Gasteiger partial charge is 0.262 e. The predicted octanol–water partition coefficient (Wildman–Crippen LogP) is -0.0581. The fourth-order valence-electron chi connectivity index (χ4n) is 4.00. The number of halogens is 2. The van der Waals surface area contributed by atoms with Crippen molar-refractivity contribution in [2.75, 3.05) is 52.1 Å². The minimum atomic E-state index is -3.31. The summed E-state index contributed by atoms with van der Waals surface area (Å²) in [6.45, 7) is 3.09. The summed E-state index contributed by atoms with van der Waals surface area (Å²) in [7, 11) is -3.31. The van der Waals surface area contributed by atoms with Crippen LogP contribution in [-0.2, 0) is 14.8 Å². The van der Waals surface area contributed by atoms with Gasteiger partial charge in [-0.2, -0.15) is 4.31 Å². The summed E-state index contributed by atoms with van der Waals surface area (Å²) in [6, 6.07) is -1.21. The van der Waals surface area contributed by atoms with Crippen LogP contribution in [0.2, 0.25) is 0 Å². The molecule has 3 aliphatic heterocycles. The van der Waals surface area contributed by atoms with E-state index in [0.717, 1.165) is 38.7 Å². The Morgan fingerprint density at radius 1 is 1.19 bits per heavy atom. The van der Waals surface area contributed by atoms with Crippen LogP contribution in [0.25, 0.3) is 0 Å². The van der Waals surface area contributed by atoms with Crippen LogP contribution >= 0.6 is 0 Å². The zero-order valence-electron chi connectivity index (χ0n) is 15.2. The molecule has 0 aromatic carbocycles. The van der Waals surface area contributed by atoms with Crippen molar-refractivity contribution < 1.29 is 22.0 Å². The van der Waals surface area contributed by atoms with Crippen LogP contribution in [0.5, 0.6) is 0 Å². The van der Waals surface area contributed by atoms with E-state index < -0.39 is 35.0 Å². The first-order valence-electron chi connectivity index (χ1n) is 9.24. The van der Waals surface area contributed by atoms with Gasteiger partial charge in [-0.05, 0) is 25.9 Å². The van der Waals surface area contributed by atoms with Crippen molar-refractivity contribution in [1.29, 1.82) is 0 Å². The Morgan fingerprint density at radius 2 is 1.85 bits per heavy atom. The van der Waals surface area contributed by atoms with Crippen LogP contribution in [0.4, 0.5) is 8.78 Å². The van der Waals surface area contributed by atoms with Crippen molar-refractivity contribution in [2.45, 2.75) is 43.7 Å². The third kappa shape index (κ3) is 4.71. The molecule has 1 atom stereocenters. The average Bonchev–Trinajstić information content (AvgIpc) is 2.81. The van der Waals surface area contributed by atoms with Gasteiger partial charge in [0, 0.05) is 38.6 Å². The molecule has 0 saturated carbocycles. The Labute approximate surface area is 153 Å². The largest absolute Gasteiger partial charge is 0.353 e. The molecular formula is C16H28F2N4O3S. The molecule has 3 aliphatic rings. The second kappa shape index (κ2) is 7.65. The molecule has 0 spiro atoms. The number of sulfonamides is 1. The second-order valence-corrected chi connectivity index (χ2v) is 9.66. The molecule has 1 N–H and O–H groups in total. The average molecular weight is 394 g/mol. The first kappa shape index (κ1) is 19.9. The van der Waals surface area contributed by atoms with E-state index in [1.165, 1.54) is 15.6 Å². The summed E-state index contributed by atoms with van der Waals surface area (Å²) < 4.78 is 52.0. The third-order valence-corrected chi connectivity index (χ3v) is 6.79. The minimum Gasteiger partial charge on any atom is -0.353 e. The molecule has 0 radical (unpaired) electrons. The Hall–Kier alpha value is -0.840. The van der Waals surface area contributed by atoms with Gasteiger partial charge in [0.1, 0.15) is 0 Å². The number of nitrogens with one attached hydrogen (secondary N) is 1. The molecule has 0 bridgehead atoms. The Balaban J connectivity index is 1.51. The first-order valence-corrected chi connectivity index (χ1v) is 11.1. The van der Waals surface area contributed by atoms with E-state index in [1.54, 1.807) is 0 Å². The Kier molecular flexibility index (Phi) is 5.86. The van der Waals surface area contributed by atoms with Gasteiger partial charge in [-0.15, -0.1) is 0 Å². The van der Waals surface area contributed by atoms with Crippen molar-refractivity contribution in [2.24, 2.45) is 0 Å². The van der Waals surface area contributed by atoms with Gasteiger partial charge in [0.15, 0.2) is 0 Å². The summed E-state index contributed by atoms with van der Waals surface area (Å²) in [5.74, 6) is -3.29. The highest BCUT2D eigenvalue weighted by Gasteiger charge is 2.52. The quantitative estimate of drug-likeness (QED) is 0.684. The number of likely N-dealkylation sites (tertiary alicyclic amines) is 2. The molecule has 0 aliphatic carbocycles. The molecular weight excluding hydrogens is 366 g/mol. The summed E-state index contributed by atoms with van der Waals surface area (Å²) in [4.78, 5) is 16.2. The van der Waals surface area contributed by atoms with E-state index in [2.05, 4.69) is 10.2 Å². The van der Waals surface area contributed by atoms with E-state index in [1.807, 2.05) is 0 Å². The summed E-state index contributed by atoms with van der Waals surface area (Å²) in [5.41, 5.74) is 0. The first-order chi connectivity index (χ1) is 12.2. The van der Waals surface area contributed by atoms with Crippen molar-refractivity contribution in [3.8, 4) is 0 Å². The number of rotatable bonds is 6. The van der Waals surface area contributed by atoms with Gasteiger partial charge in [0.2, 0.25) is 15.9 Å². The van der Waals surface area contributed by atoms with Crippen LogP contribution in [-0.4, -0.2) is 98.5 Å². The second-order valence-electron chi connectivity index (χ2n) is 7.68. The lowest BCUT2D eigenvalue weighted by molar-refractivity contribution is -0.127. The van der Waals surface area contributed by atoms with Crippen LogP contribution in [0.15, 0.2) is 0 Å². The minimum absolute atomic E-state index is 0.173. The zero-order valence-corrected chi connectivity index (χ0v) is 16.0. The highest BCUT2D eigenvalue weighted by molar-refractivity contribution is 7.88. The van der Waals surface area contributed by atoms with Crippen molar-refractivity contribution in [3.05, 3.63) is 0 Å². The monoisotopic (exact) mass is 394 g/mol. The van der Waals surface area contributed by atoms with Crippen LogP contribution in [0.3, 0.4) is 0 Å². The van der Waals surface area contributed by atoms with E-state index in [-0.39, 0.29) is 25.0 Å². The Bertz CT molecular complexity index is 619. The van der Waals surface area contributed by atoms with Crippen molar-refractivity contribution in [1.82, 2.24) is 19.4 Å². The number of nitrogens with zero attached hydrogens (tertiary/aromatic N) is 3. The molecule has 7 nitrogen and oxygen atoms in total. The lowest BCUT2D eigenvalue weighted by Gasteiger charge is -2.44. The van der Waals surface area contributed by atoms with E-state index in [9.17, 15) is 22.0 Å². The molecule has 10 heteroatoms. The van der Waals surface area contributed by atoms with Gasteiger partial charge in [-0.1, -0.05) is 6.42 Å². The van der Waals surface area contributed by atoms with Crippen molar-refractivity contribution >= 4 is 15.9 Å². The van der Waals surface area contributed by atoms with E-state index in [0.29, 0.717) is 6.54 Å². The fraction of sp³-hybridized carbons (Fsp3) is 0.938. The summed E-state index contributed by atoms with van der Waals surface area (Å²) >= 11 is 0. The standard InChI is InChI=1S/C16H28F2N4O3S/c1-26(24,25)21-10-13(11-21)22-12-16(17,18)9-14(22)15(23)19-5-8-20-6-3-2-4-7-20/h13-14H,2-12H2,1H3,(H,19,23)/t14-/m0/s1. The van der Waals surface area contributed by atoms with Crippen LogP contribution < -0.4 is 5.32 Å². The molecule has 0 unspecified atom stereocenters. The molecule has 3 rings (SSSR count). The SMILES string of the molecule is CS(=O)(=O)N1CC(N2CC(F)(F)C[C@H]2C(=O)NCCN2CCCCC2)C1. The zero-order chi connectivity index (χ0) is 18.9. The van der Waals surface area contributed by atoms with Gasteiger partial charge in [0.05, 0.1) is 18.8 Å². The maximum absolute atomic E-state index is 13.9. The molecule has 1 amide bonds. The normalized spacial score (nSPS) is 28.8. The number of carbonyl (C=O) groups excluding carboxylic acids is 1. The van der Waals surface area contributed by atoms with Gasteiger partial charge >= 0.3 is 0 Å². The van der Waals surface area contributed by atoms with Crippen LogP contribution in [0, 0.1) is 0 Å². The van der Waals surface area contributed by atoms with E-state index in [4.69, 9.17) is 0 Å². The number of piperidine rings is 1. The highest BCUT2D eigenvalue weighted by atomic mass is 32.2. The van der Waals surface area contributed by atoms with Gasteiger partial charge in [0.25, 0.3) is 5.92 Å². The molecule has 0 aromatic rings. The maximum atomic E-state index is 13.9. The van der Waals surface area contributed by atoms with Crippen LogP contribution in [0.1, 0.15) is 25.7 Å². The summed E-state index contributed by atoms with van der Waals surface area (Å²) in [6.07, 6.45) is 4.16. The molecule has 26 heavy (non-hydrogen) atoms. The molecule has 0 aromatic heterocycles.